The number of benzene rings is 1. The summed E-state index contributed by atoms with van der Waals surface area (Å²) in [6, 6.07) is 5.79. The zero-order valence-electron chi connectivity index (χ0n) is 11.9. The molecule has 1 aromatic carbocycles. The van der Waals surface area contributed by atoms with Crippen molar-refractivity contribution in [3.8, 4) is 5.75 Å². The molecule has 5 nitrogen and oxygen atoms in total. The lowest BCUT2D eigenvalue weighted by Gasteiger charge is -2.16. The molecular formula is C14H19ClN4O. The molecule has 0 saturated carbocycles. The molecule has 6 heteroatoms. The van der Waals surface area contributed by atoms with Crippen LogP contribution in [-0.4, -0.2) is 21.8 Å². The van der Waals surface area contributed by atoms with Crippen molar-refractivity contribution in [2.45, 2.75) is 33.0 Å². The van der Waals surface area contributed by atoms with Crippen molar-refractivity contribution in [1.29, 1.82) is 0 Å². The van der Waals surface area contributed by atoms with Crippen LogP contribution in [0.3, 0.4) is 0 Å². The molecule has 108 valence electrons. The Morgan fingerprint density at radius 3 is 2.95 bits per heavy atom. The quantitative estimate of drug-likeness (QED) is 0.890. The van der Waals surface area contributed by atoms with Crippen LogP contribution in [0, 0.1) is 0 Å². The van der Waals surface area contributed by atoms with Gasteiger partial charge in [-0.05, 0) is 39.1 Å². The van der Waals surface area contributed by atoms with Crippen LogP contribution in [0.25, 0.3) is 0 Å². The predicted octanol–water partition coefficient (Wildman–Crippen LogP) is 2.81. The van der Waals surface area contributed by atoms with E-state index in [4.69, 9.17) is 16.3 Å². The van der Waals surface area contributed by atoms with Crippen molar-refractivity contribution >= 4 is 11.6 Å². The first-order valence-corrected chi connectivity index (χ1v) is 6.99. The summed E-state index contributed by atoms with van der Waals surface area (Å²) in [6.45, 7) is 5.25. The van der Waals surface area contributed by atoms with Gasteiger partial charge in [-0.25, -0.2) is 9.67 Å². The Balaban J connectivity index is 2.17. The normalized spacial score (nSPS) is 12.4. The maximum Gasteiger partial charge on any atom is 0.164 e. The van der Waals surface area contributed by atoms with Gasteiger partial charge in [0.25, 0.3) is 0 Å². The molecule has 1 unspecified atom stereocenters. The molecule has 2 rings (SSSR count). The number of ether oxygens (including phenoxy) is 1. The second-order valence-corrected chi connectivity index (χ2v) is 4.91. The molecule has 1 atom stereocenters. The van der Waals surface area contributed by atoms with Gasteiger partial charge in [0.2, 0.25) is 0 Å². The molecule has 0 aliphatic heterocycles. The van der Waals surface area contributed by atoms with E-state index in [1.807, 2.05) is 36.9 Å². The van der Waals surface area contributed by atoms with Crippen LogP contribution in [0.4, 0.5) is 0 Å². The van der Waals surface area contributed by atoms with E-state index in [2.05, 4.69) is 22.3 Å². The summed E-state index contributed by atoms with van der Waals surface area (Å²) in [7, 11) is 1.91. The standard InChI is InChI=1S/C14H19ClN4O/c1-4-19-14(17-9-18-19)8-20-13-6-5-11(15)7-12(13)10(2)16-3/h5-7,9-10,16H,4,8H2,1-3H3. The van der Waals surface area contributed by atoms with E-state index in [-0.39, 0.29) is 6.04 Å². The van der Waals surface area contributed by atoms with Gasteiger partial charge in [0.05, 0.1) is 0 Å². The molecular weight excluding hydrogens is 276 g/mol. The third kappa shape index (κ3) is 3.29. The lowest BCUT2D eigenvalue weighted by atomic mass is 10.1. The van der Waals surface area contributed by atoms with Crippen molar-refractivity contribution in [2.24, 2.45) is 0 Å². The topological polar surface area (TPSA) is 52.0 Å². The minimum Gasteiger partial charge on any atom is -0.485 e. The molecule has 1 aromatic heterocycles. The summed E-state index contributed by atoms with van der Waals surface area (Å²) < 4.78 is 7.70. The van der Waals surface area contributed by atoms with Crippen LogP contribution >= 0.6 is 11.6 Å². The Bertz CT molecular complexity index is 570. The first-order chi connectivity index (χ1) is 9.65. The van der Waals surface area contributed by atoms with Gasteiger partial charge in [-0.2, -0.15) is 5.10 Å². The third-order valence-electron chi connectivity index (χ3n) is 3.22. The Labute approximate surface area is 123 Å². The number of halogens is 1. The molecule has 0 bridgehead atoms. The zero-order chi connectivity index (χ0) is 14.5. The third-order valence-corrected chi connectivity index (χ3v) is 3.46. The number of nitrogens with zero attached hydrogens (tertiary/aromatic N) is 3. The molecule has 1 N–H and O–H groups in total. The van der Waals surface area contributed by atoms with Crippen molar-refractivity contribution < 1.29 is 4.74 Å². The number of aromatic nitrogens is 3. The minimum atomic E-state index is 0.160. The highest BCUT2D eigenvalue weighted by Gasteiger charge is 2.12. The van der Waals surface area contributed by atoms with E-state index in [1.165, 1.54) is 0 Å². The van der Waals surface area contributed by atoms with Crippen molar-refractivity contribution in [2.75, 3.05) is 7.05 Å². The first-order valence-electron chi connectivity index (χ1n) is 6.62. The molecule has 0 saturated heterocycles. The van der Waals surface area contributed by atoms with Gasteiger partial charge in [-0.15, -0.1) is 0 Å². The molecule has 0 radical (unpaired) electrons. The number of aryl methyl sites for hydroxylation is 1. The molecule has 1 heterocycles. The summed E-state index contributed by atoms with van der Waals surface area (Å²) >= 11 is 6.06. The first kappa shape index (κ1) is 14.8. The summed E-state index contributed by atoms with van der Waals surface area (Å²) in [6.07, 6.45) is 1.54. The highest BCUT2D eigenvalue weighted by atomic mass is 35.5. The highest BCUT2D eigenvalue weighted by molar-refractivity contribution is 6.30. The van der Waals surface area contributed by atoms with Crippen LogP contribution in [0.5, 0.6) is 5.75 Å². The fourth-order valence-corrected chi connectivity index (χ4v) is 2.13. The van der Waals surface area contributed by atoms with E-state index in [0.29, 0.717) is 11.6 Å². The fraction of sp³-hybridized carbons (Fsp3) is 0.429. The smallest absolute Gasteiger partial charge is 0.164 e. The molecule has 0 spiro atoms. The lowest BCUT2D eigenvalue weighted by Crippen LogP contribution is -2.14. The second kappa shape index (κ2) is 6.72. The van der Waals surface area contributed by atoms with E-state index >= 15 is 0 Å². The predicted molar refractivity (Wildman–Crippen MR) is 79.0 cm³/mol. The average Bonchev–Trinajstić information content (AvgIpc) is 2.92. The molecule has 0 aliphatic rings. The maximum absolute atomic E-state index is 6.06. The van der Waals surface area contributed by atoms with Crippen molar-refractivity contribution in [3.05, 3.63) is 40.9 Å². The van der Waals surface area contributed by atoms with Crippen molar-refractivity contribution in [1.82, 2.24) is 20.1 Å². The average molecular weight is 295 g/mol. The van der Waals surface area contributed by atoms with Gasteiger partial charge >= 0.3 is 0 Å². The number of nitrogens with one attached hydrogen (secondary N) is 1. The molecule has 0 aliphatic carbocycles. The summed E-state index contributed by atoms with van der Waals surface area (Å²) in [5.41, 5.74) is 1.03. The SMILES string of the molecule is CCn1ncnc1COc1ccc(Cl)cc1C(C)NC. The van der Waals surface area contributed by atoms with Gasteiger partial charge in [0.15, 0.2) is 5.82 Å². The van der Waals surface area contributed by atoms with Crippen LogP contribution < -0.4 is 10.1 Å². The molecule has 0 amide bonds. The number of hydrogen-bond acceptors (Lipinski definition) is 4. The van der Waals surface area contributed by atoms with Gasteiger partial charge in [-0.1, -0.05) is 11.6 Å². The largest absolute Gasteiger partial charge is 0.485 e. The van der Waals surface area contributed by atoms with Gasteiger partial charge < -0.3 is 10.1 Å². The van der Waals surface area contributed by atoms with Crippen LogP contribution in [0.2, 0.25) is 5.02 Å². The second-order valence-electron chi connectivity index (χ2n) is 4.47. The maximum atomic E-state index is 6.06. The van der Waals surface area contributed by atoms with Crippen molar-refractivity contribution in [3.63, 3.8) is 0 Å². The van der Waals surface area contributed by atoms with E-state index in [0.717, 1.165) is 23.7 Å². The Morgan fingerprint density at radius 2 is 2.25 bits per heavy atom. The van der Waals surface area contributed by atoms with Gasteiger partial charge in [-0.3, -0.25) is 0 Å². The van der Waals surface area contributed by atoms with Crippen LogP contribution in [0.1, 0.15) is 31.3 Å². The van der Waals surface area contributed by atoms with Crippen LogP contribution in [-0.2, 0) is 13.2 Å². The lowest BCUT2D eigenvalue weighted by molar-refractivity contribution is 0.282. The monoisotopic (exact) mass is 294 g/mol. The fourth-order valence-electron chi connectivity index (χ4n) is 1.95. The Morgan fingerprint density at radius 1 is 1.45 bits per heavy atom. The van der Waals surface area contributed by atoms with Crippen LogP contribution in [0.15, 0.2) is 24.5 Å². The van der Waals surface area contributed by atoms with Gasteiger partial charge in [0.1, 0.15) is 18.7 Å². The minimum absolute atomic E-state index is 0.160. The highest BCUT2D eigenvalue weighted by Crippen LogP contribution is 2.28. The Hall–Kier alpha value is -1.59. The summed E-state index contributed by atoms with van der Waals surface area (Å²) in [5.74, 6) is 1.62. The number of hydrogen-bond donors (Lipinski definition) is 1. The van der Waals surface area contributed by atoms with E-state index < -0.39 is 0 Å². The summed E-state index contributed by atoms with van der Waals surface area (Å²) in [4.78, 5) is 4.20. The van der Waals surface area contributed by atoms with E-state index in [9.17, 15) is 0 Å². The molecule has 2 aromatic rings. The van der Waals surface area contributed by atoms with E-state index in [1.54, 1.807) is 6.33 Å². The Kier molecular flexibility index (Phi) is 4.98. The van der Waals surface area contributed by atoms with Gasteiger partial charge in [0, 0.05) is 23.2 Å². The number of rotatable bonds is 6. The summed E-state index contributed by atoms with van der Waals surface area (Å²) in [5, 5.41) is 8.02. The molecule has 0 fully saturated rings. The zero-order valence-corrected chi connectivity index (χ0v) is 12.7. The molecule has 20 heavy (non-hydrogen) atoms.